The second-order valence-corrected chi connectivity index (χ2v) is 6.87. The highest BCUT2D eigenvalue weighted by molar-refractivity contribution is 6.42. The van der Waals surface area contributed by atoms with Crippen molar-refractivity contribution in [1.29, 1.82) is 0 Å². The van der Waals surface area contributed by atoms with Gasteiger partial charge in [0.2, 0.25) is 5.91 Å². The van der Waals surface area contributed by atoms with Gasteiger partial charge in [0, 0.05) is 37.1 Å². The quantitative estimate of drug-likeness (QED) is 0.884. The topological polar surface area (TPSA) is 54.3 Å². The molecule has 0 unspecified atom stereocenters. The maximum Gasteiger partial charge on any atom is 0.251 e. The molecule has 1 N–H and O–H groups in total. The molecule has 0 atom stereocenters. The van der Waals surface area contributed by atoms with Crippen LogP contribution in [0.15, 0.2) is 42.7 Å². The number of carbonyl (C=O) groups is 2. The predicted molar refractivity (Wildman–Crippen MR) is 98.1 cm³/mol. The summed E-state index contributed by atoms with van der Waals surface area (Å²) in [6, 6.07) is 9.09. The summed E-state index contributed by atoms with van der Waals surface area (Å²) in [6.45, 7) is 1.38. The fourth-order valence-corrected chi connectivity index (χ4v) is 3.31. The van der Waals surface area contributed by atoms with E-state index in [1.54, 1.807) is 17.0 Å². The zero-order valence-corrected chi connectivity index (χ0v) is 15.1. The number of benzene rings is 1. The Kier molecular flexibility index (Phi) is 5.66. The largest absolute Gasteiger partial charge is 0.351 e. The minimum absolute atomic E-state index is 0.0206. The van der Waals surface area contributed by atoms with Gasteiger partial charge in [-0.05, 0) is 43.2 Å². The number of halogens is 2. The molecule has 7 heteroatoms. The van der Waals surface area contributed by atoms with E-state index in [0.717, 1.165) is 12.8 Å². The number of amides is 2. The maximum absolute atomic E-state index is 12.3. The fraction of sp³-hybridized carbons (Fsp3) is 0.333. The summed E-state index contributed by atoms with van der Waals surface area (Å²) in [5.41, 5.74) is 0.383. The van der Waals surface area contributed by atoms with Crippen LogP contribution in [0.5, 0.6) is 0 Å². The number of nitrogens with zero attached hydrogens (tertiary/aromatic N) is 2. The van der Waals surface area contributed by atoms with Crippen LogP contribution in [0.4, 0.5) is 0 Å². The Hall–Kier alpha value is -1.98. The molecule has 1 fully saturated rings. The standard InChI is InChI=1S/C18H19Cl2N3O2/c19-15-4-3-13(11-16(15)20)18(25)21-12-17(24)23-9-5-14(6-10-23)22-7-1-2-8-22/h1-4,7-8,11,14H,5-6,9-10,12H2,(H,21,25). The van der Waals surface area contributed by atoms with Crippen molar-refractivity contribution in [3.63, 3.8) is 0 Å². The molecule has 1 aromatic carbocycles. The number of likely N-dealkylation sites (tertiary alicyclic amines) is 1. The number of nitrogens with one attached hydrogen (secondary N) is 1. The summed E-state index contributed by atoms with van der Waals surface area (Å²) < 4.78 is 2.19. The highest BCUT2D eigenvalue weighted by Crippen LogP contribution is 2.23. The summed E-state index contributed by atoms with van der Waals surface area (Å²) in [5.74, 6) is -0.409. The first-order valence-electron chi connectivity index (χ1n) is 8.18. The molecular weight excluding hydrogens is 361 g/mol. The Bertz CT molecular complexity index is 754. The van der Waals surface area contributed by atoms with E-state index in [4.69, 9.17) is 23.2 Å². The molecule has 0 aliphatic carbocycles. The fourth-order valence-electron chi connectivity index (χ4n) is 3.01. The van der Waals surface area contributed by atoms with Crippen molar-refractivity contribution in [2.45, 2.75) is 18.9 Å². The van der Waals surface area contributed by atoms with E-state index in [1.807, 2.05) is 12.1 Å². The number of carbonyl (C=O) groups excluding carboxylic acids is 2. The lowest BCUT2D eigenvalue weighted by molar-refractivity contribution is -0.131. The van der Waals surface area contributed by atoms with Crippen molar-refractivity contribution in [1.82, 2.24) is 14.8 Å². The van der Waals surface area contributed by atoms with Crippen LogP contribution in [0.25, 0.3) is 0 Å². The molecule has 0 spiro atoms. The van der Waals surface area contributed by atoms with Gasteiger partial charge in [-0.3, -0.25) is 9.59 Å². The van der Waals surface area contributed by atoms with Gasteiger partial charge in [-0.1, -0.05) is 23.2 Å². The van der Waals surface area contributed by atoms with E-state index in [2.05, 4.69) is 22.3 Å². The third-order valence-electron chi connectivity index (χ3n) is 4.45. The molecular formula is C18H19Cl2N3O2. The average molecular weight is 380 g/mol. The van der Waals surface area contributed by atoms with Gasteiger partial charge in [0.1, 0.15) is 0 Å². The molecule has 0 saturated carbocycles. The van der Waals surface area contributed by atoms with Gasteiger partial charge in [0.05, 0.1) is 16.6 Å². The van der Waals surface area contributed by atoms with Crippen molar-refractivity contribution in [2.24, 2.45) is 0 Å². The molecule has 132 valence electrons. The van der Waals surface area contributed by atoms with Gasteiger partial charge >= 0.3 is 0 Å². The minimum Gasteiger partial charge on any atom is -0.351 e. The van der Waals surface area contributed by atoms with Crippen LogP contribution < -0.4 is 5.32 Å². The lowest BCUT2D eigenvalue weighted by Crippen LogP contribution is -2.44. The van der Waals surface area contributed by atoms with Crippen molar-refractivity contribution in [2.75, 3.05) is 19.6 Å². The molecule has 1 aliphatic heterocycles. The van der Waals surface area contributed by atoms with Crippen molar-refractivity contribution in [3.05, 3.63) is 58.3 Å². The van der Waals surface area contributed by atoms with Crippen LogP contribution in [-0.4, -0.2) is 40.9 Å². The van der Waals surface area contributed by atoms with Crippen LogP contribution in [0.2, 0.25) is 10.0 Å². The molecule has 0 bridgehead atoms. The third kappa shape index (κ3) is 4.35. The smallest absolute Gasteiger partial charge is 0.251 e. The number of hydrogen-bond donors (Lipinski definition) is 1. The molecule has 1 aromatic heterocycles. The summed E-state index contributed by atoms with van der Waals surface area (Å²) in [5, 5.41) is 3.35. The number of hydrogen-bond acceptors (Lipinski definition) is 2. The highest BCUT2D eigenvalue weighted by Gasteiger charge is 2.23. The monoisotopic (exact) mass is 379 g/mol. The normalized spacial score (nSPS) is 15.2. The molecule has 0 radical (unpaired) electrons. The number of piperidine rings is 1. The average Bonchev–Trinajstić information content (AvgIpc) is 3.16. The van der Waals surface area contributed by atoms with Crippen molar-refractivity contribution in [3.8, 4) is 0 Å². The second kappa shape index (κ2) is 7.93. The molecule has 2 amide bonds. The highest BCUT2D eigenvalue weighted by atomic mass is 35.5. The van der Waals surface area contributed by atoms with Crippen molar-refractivity contribution < 1.29 is 9.59 Å². The van der Waals surface area contributed by atoms with Gasteiger partial charge in [-0.2, -0.15) is 0 Å². The lowest BCUT2D eigenvalue weighted by Gasteiger charge is -2.32. The first kappa shape index (κ1) is 17.8. The molecule has 3 rings (SSSR count). The first-order chi connectivity index (χ1) is 12.0. The van der Waals surface area contributed by atoms with Gasteiger partial charge in [-0.15, -0.1) is 0 Å². The van der Waals surface area contributed by atoms with Crippen LogP contribution in [-0.2, 0) is 4.79 Å². The van der Waals surface area contributed by atoms with E-state index in [9.17, 15) is 9.59 Å². The van der Waals surface area contributed by atoms with Crippen LogP contribution in [0, 0.1) is 0 Å². The summed E-state index contributed by atoms with van der Waals surface area (Å²) in [6.07, 6.45) is 5.95. The summed E-state index contributed by atoms with van der Waals surface area (Å²) in [7, 11) is 0. The zero-order valence-electron chi connectivity index (χ0n) is 13.6. The zero-order chi connectivity index (χ0) is 17.8. The van der Waals surface area contributed by atoms with Crippen LogP contribution >= 0.6 is 23.2 Å². The number of rotatable bonds is 4. The van der Waals surface area contributed by atoms with Crippen LogP contribution in [0.3, 0.4) is 0 Å². The predicted octanol–water partition coefficient (Wildman–Crippen LogP) is 3.39. The summed E-state index contributed by atoms with van der Waals surface area (Å²) >= 11 is 11.7. The number of aromatic nitrogens is 1. The van der Waals surface area contributed by atoms with E-state index in [0.29, 0.717) is 34.7 Å². The summed E-state index contributed by atoms with van der Waals surface area (Å²) in [4.78, 5) is 26.2. The molecule has 2 aromatic rings. The molecule has 25 heavy (non-hydrogen) atoms. The van der Waals surface area contributed by atoms with E-state index < -0.39 is 0 Å². The Morgan fingerprint density at radius 2 is 1.76 bits per heavy atom. The van der Waals surface area contributed by atoms with E-state index in [1.165, 1.54) is 6.07 Å². The molecule has 1 aliphatic rings. The Balaban J connectivity index is 1.48. The van der Waals surface area contributed by atoms with E-state index >= 15 is 0 Å². The van der Waals surface area contributed by atoms with Gasteiger partial charge in [0.15, 0.2) is 0 Å². The third-order valence-corrected chi connectivity index (χ3v) is 5.19. The molecule has 5 nitrogen and oxygen atoms in total. The Morgan fingerprint density at radius 1 is 1.08 bits per heavy atom. The lowest BCUT2D eigenvalue weighted by atomic mass is 10.0. The Labute approximate surface area is 156 Å². The van der Waals surface area contributed by atoms with Gasteiger partial charge < -0.3 is 14.8 Å². The van der Waals surface area contributed by atoms with Crippen LogP contribution in [0.1, 0.15) is 29.2 Å². The molecule has 2 heterocycles. The SMILES string of the molecule is O=C(NCC(=O)N1CCC(n2cccc2)CC1)c1ccc(Cl)c(Cl)c1. The minimum atomic E-state index is -0.339. The maximum atomic E-state index is 12.3. The first-order valence-corrected chi connectivity index (χ1v) is 8.93. The second-order valence-electron chi connectivity index (χ2n) is 6.05. The molecule has 1 saturated heterocycles. The van der Waals surface area contributed by atoms with Crippen molar-refractivity contribution >= 4 is 35.0 Å². The van der Waals surface area contributed by atoms with E-state index in [-0.39, 0.29) is 18.4 Å². The van der Waals surface area contributed by atoms with Gasteiger partial charge in [0.25, 0.3) is 5.91 Å². The Morgan fingerprint density at radius 3 is 2.40 bits per heavy atom. The van der Waals surface area contributed by atoms with Gasteiger partial charge in [-0.25, -0.2) is 0 Å².